The molecule has 0 spiro atoms. The first-order valence-corrected chi connectivity index (χ1v) is 7.03. The number of furan rings is 1. The van der Waals surface area contributed by atoms with Crippen LogP contribution in [-0.2, 0) is 6.54 Å². The van der Waals surface area contributed by atoms with E-state index in [0.717, 1.165) is 11.3 Å². The van der Waals surface area contributed by atoms with E-state index >= 15 is 0 Å². The van der Waals surface area contributed by atoms with Crippen molar-refractivity contribution in [2.45, 2.75) is 20.4 Å². The maximum Gasteiger partial charge on any atom is 0.333 e. The minimum atomic E-state index is -0.507. The van der Waals surface area contributed by atoms with Crippen molar-refractivity contribution in [3.63, 3.8) is 0 Å². The molecule has 3 amide bonds. The van der Waals surface area contributed by atoms with Gasteiger partial charge in [0.2, 0.25) is 0 Å². The maximum atomic E-state index is 11.9. The molecule has 23 heavy (non-hydrogen) atoms. The summed E-state index contributed by atoms with van der Waals surface area (Å²) in [5, 5.41) is 2.63. The van der Waals surface area contributed by atoms with Crippen molar-refractivity contribution in [2.24, 2.45) is 0 Å². The fourth-order valence-corrected chi connectivity index (χ4v) is 2.01. The molecule has 3 N–H and O–H groups in total. The highest BCUT2D eigenvalue weighted by Crippen LogP contribution is 2.13. The summed E-state index contributed by atoms with van der Waals surface area (Å²) < 4.78 is 10.3. The lowest BCUT2D eigenvalue weighted by atomic mass is 10.2. The summed E-state index contributed by atoms with van der Waals surface area (Å²) in [6.07, 6.45) is 0. The van der Waals surface area contributed by atoms with Crippen LogP contribution < -0.4 is 20.9 Å². The molecule has 0 aliphatic rings. The molecule has 0 fully saturated rings. The Hall–Kier alpha value is -2.96. The Bertz CT molecular complexity index is 692. The SMILES string of the molecule is COc1ccc(CNC(=O)NNC(=O)c2cc(C)oc2C)cc1. The van der Waals surface area contributed by atoms with Gasteiger partial charge in [0, 0.05) is 6.54 Å². The molecule has 0 unspecified atom stereocenters. The molecule has 0 bridgehead atoms. The number of rotatable bonds is 4. The normalized spacial score (nSPS) is 10.0. The van der Waals surface area contributed by atoms with Crippen molar-refractivity contribution in [1.82, 2.24) is 16.2 Å². The summed E-state index contributed by atoms with van der Waals surface area (Å²) in [6.45, 7) is 3.76. The van der Waals surface area contributed by atoms with Crippen LogP contribution in [0.15, 0.2) is 34.7 Å². The van der Waals surface area contributed by atoms with Gasteiger partial charge >= 0.3 is 6.03 Å². The Balaban J connectivity index is 1.78. The maximum absolute atomic E-state index is 11.9. The van der Waals surface area contributed by atoms with Gasteiger partial charge in [-0.1, -0.05) is 12.1 Å². The van der Waals surface area contributed by atoms with Crippen LogP contribution in [0.1, 0.15) is 27.4 Å². The van der Waals surface area contributed by atoms with Crippen molar-refractivity contribution >= 4 is 11.9 Å². The molecule has 0 saturated heterocycles. The summed E-state index contributed by atoms with van der Waals surface area (Å²) in [7, 11) is 1.59. The lowest BCUT2D eigenvalue weighted by Crippen LogP contribution is -2.46. The zero-order valence-corrected chi connectivity index (χ0v) is 13.2. The predicted molar refractivity (Wildman–Crippen MR) is 84.0 cm³/mol. The van der Waals surface area contributed by atoms with Crippen LogP contribution in [0.4, 0.5) is 4.79 Å². The molecule has 0 radical (unpaired) electrons. The van der Waals surface area contributed by atoms with E-state index in [-0.39, 0.29) is 0 Å². The van der Waals surface area contributed by atoms with E-state index in [4.69, 9.17) is 9.15 Å². The fourth-order valence-electron chi connectivity index (χ4n) is 2.01. The molecule has 7 nitrogen and oxygen atoms in total. The lowest BCUT2D eigenvalue weighted by Gasteiger charge is -2.09. The van der Waals surface area contributed by atoms with Crippen molar-refractivity contribution in [3.8, 4) is 5.75 Å². The first-order chi connectivity index (χ1) is 11.0. The number of hydrazine groups is 1. The second kappa shape index (κ2) is 7.35. The topological polar surface area (TPSA) is 92.6 Å². The van der Waals surface area contributed by atoms with Crippen LogP contribution in [-0.4, -0.2) is 19.0 Å². The minimum Gasteiger partial charge on any atom is -0.497 e. The van der Waals surface area contributed by atoms with Gasteiger partial charge in [0.1, 0.15) is 17.3 Å². The van der Waals surface area contributed by atoms with Gasteiger partial charge in [0.25, 0.3) is 5.91 Å². The van der Waals surface area contributed by atoms with Crippen LogP contribution in [0.5, 0.6) is 5.75 Å². The summed E-state index contributed by atoms with van der Waals surface area (Å²) in [4.78, 5) is 23.6. The van der Waals surface area contributed by atoms with E-state index < -0.39 is 11.9 Å². The fraction of sp³-hybridized carbons (Fsp3) is 0.250. The molecule has 2 rings (SSSR count). The third-order valence-corrected chi connectivity index (χ3v) is 3.19. The highest BCUT2D eigenvalue weighted by Gasteiger charge is 2.13. The molecular formula is C16H19N3O4. The van der Waals surface area contributed by atoms with Gasteiger partial charge in [-0.3, -0.25) is 10.2 Å². The van der Waals surface area contributed by atoms with Crippen LogP contribution in [0, 0.1) is 13.8 Å². The molecule has 1 aromatic heterocycles. The van der Waals surface area contributed by atoms with Crippen LogP contribution in [0.2, 0.25) is 0 Å². The standard InChI is InChI=1S/C16H19N3O4/c1-10-8-14(11(2)23-10)15(20)18-19-16(21)17-9-12-4-6-13(22-3)7-5-12/h4-8H,9H2,1-3H3,(H,18,20)(H2,17,19,21). The molecular weight excluding hydrogens is 298 g/mol. The Morgan fingerprint density at radius 3 is 2.39 bits per heavy atom. The molecule has 1 aromatic carbocycles. The molecule has 2 aromatic rings. The predicted octanol–water partition coefficient (Wildman–Crippen LogP) is 2.05. The van der Waals surface area contributed by atoms with E-state index in [1.807, 2.05) is 12.1 Å². The van der Waals surface area contributed by atoms with Gasteiger partial charge in [-0.2, -0.15) is 0 Å². The van der Waals surface area contributed by atoms with Crippen molar-refractivity contribution in [3.05, 3.63) is 53.0 Å². The van der Waals surface area contributed by atoms with Gasteiger partial charge in [0.05, 0.1) is 12.7 Å². The molecule has 1 heterocycles. The Kier molecular flexibility index (Phi) is 5.24. The highest BCUT2D eigenvalue weighted by molar-refractivity contribution is 5.96. The number of amides is 3. The Labute approximate surface area is 134 Å². The third-order valence-electron chi connectivity index (χ3n) is 3.19. The Morgan fingerprint density at radius 1 is 1.13 bits per heavy atom. The summed E-state index contributed by atoms with van der Waals surface area (Å²) in [5.41, 5.74) is 5.92. The molecule has 122 valence electrons. The smallest absolute Gasteiger partial charge is 0.333 e. The second-order valence-electron chi connectivity index (χ2n) is 4.94. The quantitative estimate of drug-likeness (QED) is 0.753. The third kappa shape index (κ3) is 4.50. The number of urea groups is 1. The zero-order valence-electron chi connectivity index (χ0n) is 13.2. The van der Waals surface area contributed by atoms with E-state index in [1.165, 1.54) is 0 Å². The molecule has 0 saturated carbocycles. The van der Waals surface area contributed by atoms with E-state index in [2.05, 4.69) is 16.2 Å². The number of hydrogen-bond donors (Lipinski definition) is 3. The lowest BCUT2D eigenvalue weighted by molar-refractivity contribution is 0.0934. The minimum absolute atomic E-state index is 0.329. The number of carbonyl (C=O) groups excluding carboxylic acids is 2. The zero-order chi connectivity index (χ0) is 16.8. The van der Waals surface area contributed by atoms with Crippen molar-refractivity contribution in [1.29, 1.82) is 0 Å². The molecule has 0 atom stereocenters. The number of aryl methyl sites for hydroxylation is 2. The average molecular weight is 317 g/mol. The van der Waals surface area contributed by atoms with Gasteiger partial charge in [-0.15, -0.1) is 0 Å². The van der Waals surface area contributed by atoms with Gasteiger partial charge < -0.3 is 14.5 Å². The number of ether oxygens (including phenoxy) is 1. The van der Waals surface area contributed by atoms with E-state index in [1.54, 1.807) is 39.2 Å². The van der Waals surface area contributed by atoms with Gasteiger partial charge in [-0.25, -0.2) is 10.2 Å². The van der Waals surface area contributed by atoms with Crippen molar-refractivity contribution < 1.29 is 18.7 Å². The first kappa shape index (κ1) is 16.4. The van der Waals surface area contributed by atoms with Gasteiger partial charge in [0.15, 0.2) is 0 Å². The average Bonchev–Trinajstić information content (AvgIpc) is 2.89. The van der Waals surface area contributed by atoms with Crippen LogP contribution in [0.25, 0.3) is 0 Å². The summed E-state index contributed by atoms with van der Waals surface area (Å²) in [5.74, 6) is 1.45. The highest BCUT2D eigenvalue weighted by atomic mass is 16.5. The largest absolute Gasteiger partial charge is 0.497 e. The summed E-state index contributed by atoms with van der Waals surface area (Å²) >= 11 is 0. The number of nitrogens with one attached hydrogen (secondary N) is 3. The monoisotopic (exact) mass is 317 g/mol. The van der Waals surface area contributed by atoms with Crippen LogP contribution in [0.3, 0.4) is 0 Å². The van der Waals surface area contributed by atoms with Gasteiger partial charge in [-0.05, 0) is 37.6 Å². The van der Waals surface area contributed by atoms with Crippen LogP contribution >= 0.6 is 0 Å². The molecule has 0 aliphatic heterocycles. The number of hydrogen-bond acceptors (Lipinski definition) is 4. The molecule has 7 heteroatoms. The number of benzene rings is 1. The summed E-state index contributed by atoms with van der Waals surface area (Å²) in [6, 6.07) is 8.40. The number of carbonyl (C=O) groups is 2. The Morgan fingerprint density at radius 2 is 1.83 bits per heavy atom. The van der Waals surface area contributed by atoms with E-state index in [0.29, 0.717) is 23.6 Å². The van der Waals surface area contributed by atoms with Crippen molar-refractivity contribution in [2.75, 3.05) is 7.11 Å². The molecule has 0 aliphatic carbocycles. The second-order valence-corrected chi connectivity index (χ2v) is 4.94. The van der Waals surface area contributed by atoms with E-state index in [9.17, 15) is 9.59 Å². The number of methoxy groups -OCH3 is 1. The first-order valence-electron chi connectivity index (χ1n) is 7.03.